The molecule has 2 N–H and O–H groups in total. The molecule has 0 aliphatic heterocycles. The first kappa shape index (κ1) is 15.5. The van der Waals surface area contributed by atoms with Gasteiger partial charge in [0, 0.05) is 20.6 Å². The van der Waals surface area contributed by atoms with Crippen LogP contribution in [0.5, 0.6) is 0 Å². The molecule has 21 heavy (non-hydrogen) atoms. The minimum absolute atomic E-state index is 0.0103. The molecule has 1 aromatic carbocycles. The van der Waals surface area contributed by atoms with Crippen LogP contribution in [0.1, 0.15) is 11.3 Å². The van der Waals surface area contributed by atoms with Crippen LogP contribution in [0.3, 0.4) is 0 Å². The van der Waals surface area contributed by atoms with Gasteiger partial charge in [-0.15, -0.1) is 0 Å². The summed E-state index contributed by atoms with van der Waals surface area (Å²) in [7, 11) is -0.743. The Morgan fingerprint density at radius 3 is 2.62 bits per heavy atom. The second-order valence-corrected chi connectivity index (χ2v) is 6.80. The Kier molecular flexibility index (Phi) is 4.02. The highest BCUT2D eigenvalue weighted by atomic mass is 32.2. The van der Waals surface area contributed by atoms with Crippen LogP contribution in [0.15, 0.2) is 29.2 Å². The van der Waals surface area contributed by atoms with Crippen molar-refractivity contribution in [2.75, 3.05) is 12.8 Å². The number of nitrogens with zero attached hydrogens (tertiary/aromatic N) is 3. The van der Waals surface area contributed by atoms with E-state index in [1.165, 1.54) is 29.9 Å². The molecule has 0 amide bonds. The smallest absolute Gasteiger partial charge is 0.248 e. The zero-order valence-electron chi connectivity index (χ0n) is 12.0. The number of nitrogen functional groups attached to an aromatic ring is 1. The first-order valence-corrected chi connectivity index (χ1v) is 7.67. The van der Waals surface area contributed by atoms with Crippen LogP contribution in [0.25, 0.3) is 0 Å². The summed E-state index contributed by atoms with van der Waals surface area (Å²) >= 11 is 0. The Hall–Kier alpha value is -1.93. The van der Waals surface area contributed by atoms with Crippen LogP contribution < -0.4 is 5.73 Å². The van der Waals surface area contributed by atoms with Crippen molar-refractivity contribution in [3.05, 3.63) is 41.3 Å². The van der Waals surface area contributed by atoms with Crippen molar-refractivity contribution >= 4 is 15.8 Å². The molecule has 0 bridgehead atoms. The van der Waals surface area contributed by atoms with Crippen molar-refractivity contribution in [2.45, 2.75) is 18.4 Å². The Labute approximate surface area is 123 Å². The van der Waals surface area contributed by atoms with Crippen LogP contribution >= 0.6 is 0 Å². The molecule has 114 valence electrons. The summed E-state index contributed by atoms with van der Waals surface area (Å²) in [5.74, 6) is -0.448. The third-order valence-electron chi connectivity index (χ3n) is 3.27. The van der Waals surface area contributed by atoms with Gasteiger partial charge in [0.05, 0.1) is 5.69 Å². The number of hydrogen-bond donors (Lipinski definition) is 1. The summed E-state index contributed by atoms with van der Waals surface area (Å²) in [4.78, 5) is -0.0103. The van der Waals surface area contributed by atoms with Gasteiger partial charge < -0.3 is 5.73 Å². The molecule has 0 aliphatic carbocycles. The second-order valence-electron chi connectivity index (χ2n) is 4.81. The third-order valence-corrected chi connectivity index (χ3v) is 5.24. The van der Waals surface area contributed by atoms with Crippen LogP contribution in [0, 0.1) is 12.7 Å². The number of benzene rings is 1. The van der Waals surface area contributed by atoms with E-state index in [1.54, 1.807) is 20.0 Å². The number of sulfonamides is 1. The van der Waals surface area contributed by atoms with Gasteiger partial charge in [0.2, 0.25) is 10.0 Å². The number of hydrogen-bond acceptors (Lipinski definition) is 4. The average molecular weight is 312 g/mol. The van der Waals surface area contributed by atoms with Gasteiger partial charge in [0.25, 0.3) is 0 Å². The summed E-state index contributed by atoms with van der Waals surface area (Å²) in [5, 5.41) is 3.91. The molecule has 0 spiro atoms. The van der Waals surface area contributed by atoms with Crippen LogP contribution in [-0.2, 0) is 23.6 Å². The lowest BCUT2D eigenvalue weighted by atomic mass is 10.2. The Morgan fingerprint density at radius 1 is 1.43 bits per heavy atom. The van der Waals surface area contributed by atoms with Gasteiger partial charge in [-0.1, -0.05) is 12.1 Å². The largest absolute Gasteiger partial charge is 0.381 e. The van der Waals surface area contributed by atoms with Gasteiger partial charge in [-0.05, 0) is 24.6 Å². The highest BCUT2D eigenvalue weighted by Crippen LogP contribution is 2.25. The number of aromatic nitrogens is 2. The highest BCUT2D eigenvalue weighted by Gasteiger charge is 2.28. The second kappa shape index (κ2) is 5.45. The fraction of sp³-hybridized carbons (Fsp3) is 0.308. The van der Waals surface area contributed by atoms with E-state index in [0.717, 1.165) is 4.31 Å². The molecule has 0 aliphatic rings. The van der Waals surface area contributed by atoms with Crippen molar-refractivity contribution in [3.8, 4) is 0 Å². The predicted molar refractivity (Wildman–Crippen MR) is 77.4 cm³/mol. The first-order chi connectivity index (χ1) is 9.73. The normalized spacial score (nSPS) is 12.0. The van der Waals surface area contributed by atoms with E-state index >= 15 is 0 Å². The number of anilines is 1. The molecule has 1 heterocycles. The lowest BCUT2D eigenvalue weighted by Crippen LogP contribution is -2.27. The van der Waals surface area contributed by atoms with E-state index < -0.39 is 15.8 Å². The van der Waals surface area contributed by atoms with Gasteiger partial charge in [0.15, 0.2) is 5.82 Å². The molecule has 0 radical (unpaired) electrons. The fourth-order valence-electron chi connectivity index (χ4n) is 2.07. The van der Waals surface area contributed by atoms with E-state index in [2.05, 4.69) is 5.10 Å². The van der Waals surface area contributed by atoms with E-state index in [9.17, 15) is 12.8 Å². The quantitative estimate of drug-likeness (QED) is 0.922. The predicted octanol–water partition coefficient (Wildman–Crippen LogP) is 1.27. The van der Waals surface area contributed by atoms with Crippen LogP contribution in [-0.4, -0.2) is 29.6 Å². The Bertz CT molecular complexity index is 770. The molecular weight excluding hydrogens is 295 g/mol. The monoisotopic (exact) mass is 312 g/mol. The molecule has 0 atom stereocenters. The first-order valence-electron chi connectivity index (χ1n) is 6.23. The van der Waals surface area contributed by atoms with Gasteiger partial charge in [-0.25, -0.2) is 12.8 Å². The molecule has 2 rings (SSSR count). The molecule has 0 saturated heterocycles. The summed E-state index contributed by atoms with van der Waals surface area (Å²) in [5.41, 5.74) is 6.70. The summed E-state index contributed by atoms with van der Waals surface area (Å²) in [6.45, 7) is 1.68. The molecule has 0 fully saturated rings. The van der Waals surface area contributed by atoms with Crippen LogP contribution in [0.2, 0.25) is 0 Å². The maximum absolute atomic E-state index is 13.2. The maximum Gasteiger partial charge on any atom is 0.248 e. The van der Waals surface area contributed by atoms with Crippen molar-refractivity contribution in [2.24, 2.45) is 7.05 Å². The maximum atomic E-state index is 13.2. The highest BCUT2D eigenvalue weighted by molar-refractivity contribution is 7.89. The molecule has 1 aromatic heterocycles. The average Bonchev–Trinajstić information content (AvgIpc) is 2.63. The van der Waals surface area contributed by atoms with E-state index in [4.69, 9.17) is 5.73 Å². The van der Waals surface area contributed by atoms with Crippen molar-refractivity contribution in [3.63, 3.8) is 0 Å². The fourth-order valence-corrected chi connectivity index (χ4v) is 3.51. The Balaban J connectivity index is 2.35. The summed E-state index contributed by atoms with van der Waals surface area (Å²) in [6.07, 6.45) is 0. The SMILES string of the molecule is Cc1c(S(=O)(=O)N(C)Cc2cccc(F)c2)c(N)nn1C. The van der Waals surface area contributed by atoms with Crippen molar-refractivity contribution in [1.29, 1.82) is 0 Å². The minimum Gasteiger partial charge on any atom is -0.381 e. The summed E-state index contributed by atoms with van der Waals surface area (Å²) in [6, 6.07) is 5.80. The van der Waals surface area contributed by atoms with Gasteiger partial charge >= 0.3 is 0 Å². The van der Waals surface area contributed by atoms with Gasteiger partial charge in [0.1, 0.15) is 10.7 Å². The number of aryl methyl sites for hydroxylation is 1. The Morgan fingerprint density at radius 2 is 2.10 bits per heavy atom. The summed E-state index contributed by atoms with van der Waals surface area (Å²) < 4.78 is 40.9. The van der Waals surface area contributed by atoms with Crippen LogP contribution in [0.4, 0.5) is 10.2 Å². The molecule has 0 unspecified atom stereocenters. The molecule has 0 saturated carbocycles. The number of nitrogens with two attached hydrogens (primary N) is 1. The lowest BCUT2D eigenvalue weighted by Gasteiger charge is -2.17. The lowest BCUT2D eigenvalue weighted by molar-refractivity contribution is 0.465. The zero-order valence-corrected chi connectivity index (χ0v) is 12.9. The molecular formula is C13H17FN4O2S. The molecule has 8 heteroatoms. The van der Waals surface area contributed by atoms with Gasteiger partial charge in [-0.3, -0.25) is 4.68 Å². The zero-order chi connectivity index (χ0) is 15.8. The topological polar surface area (TPSA) is 81.2 Å². The van der Waals surface area contributed by atoms with E-state index in [1.807, 2.05) is 0 Å². The number of rotatable bonds is 4. The minimum atomic E-state index is -3.79. The molecule has 6 nitrogen and oxygen atoms in total. The van der Waals surface area contributed by atoms with Gasteiger partial charge in [-0.2, -0.15) is 9.40 Å². The standard InChI is InChI=1S/C13H17FN4O2S/c1-9-12(13(15)16-18(9)3)21(19,20)17(2)8-10-5-4-6-11(14)7-10/h4-7H,8H2,1-3H3,(H2,15,16). The van der Waals surface area contributed by atoms with Crippen molar-refractivity contribution < 1.29 is 12.8 Å². The molecule has 2 aromatic rings. The third kappa shape index (κ3) is 2.91. The van der Waals surface area contributed by atoms with E-state index in [0.29, 0.717) is 11.3 Å². The van der Waals surface area contributed by atoms with E-state index in [-0.39, 0.29) is 17.3 Å². The number of halogens is 1. The van der Waals surface area contributed by atoms with Crippen molar-refractivity contribution in [1.82, 2.24) is 14.1 Å².